The lowest BCUT2D eigenvalue weighted by molar-refractivity contribution is -0.0864. The zero-order chi connectivity index (χ0) is 14.6. The molecule has 1 aromatic rings. The van der Waals surface area contributed by atoms with Crippen LogP contribution in [-0.2, 0) is 4.74 Å². The minimum Gasteiger partial charge on any atom is -0.375 e. The van der Waals surface area contributed by atoms with Crippen molar-refractivity contribution in [2.75, 3.05) is 17.3 Å². The molecule has 4 N–H and O–H groups in total. The average molecular weight is 300 g/mol. The highest BCUT2D eigenvalue weighted by Crippen LogP contribution is 2.33. The van der Waals surface area contributed by atoms with Crippen LogP contribution in [0.3, 0.4) is 0 Å². The Morgan fingerprint density at radius 1 is 1.50 bits per heavy atom. The minimum atomic E-state index is -0.0373. The number of rotatable bonds is 5. The van der Waals surface area contributed by atoms with Gasteiger partial charge in [-0.1, -0.05) is 25.4 Å². The fourth-order valence-corrected chi connectivity index (χ4v) is 2.77. The molecule has 1 fully saturated rings. The van der Waals surface area contributed by atoms with Gasteiger partial charge in [-0.15, -0.1) is 0 Å². The van der Waals surface area contributed by atoms with Crippen LogP contribution in [0.2, 0.25) is 5.02 Å². The summed E-state index contributed by atoms with van der Waals surface area (Å²) in [6.07, 6.45) is 5.45. The molecule has 20 heavy (non-hydrogen) atoms. The van der Waals surface area contributed by atoms with Gasteiger partial charge in [-0.25, -0.2) is 10.8 Å². The maximum Gasteiger partial charge on any atom is 0.239 e. The largest absolute Gasteiger partial charge is 0.375 e. The normalized spacial score (nSPS) is 21.5. The van der Waals surface area contributed by atoms with Gasteiger partial charge < -0.3 is 10.1 Å². The van der Waals surface area contributed by atoms with Crippen molar-refractivity contribution in [3.63, 3.8) is 0 Å². The third kappa shape index (κ3) is 3.31. The van der Waals surface area contributed by atoms with Gasteiger partial charge in [-0.05, 0) is 25.7 Å². The molecule has 2 rings (SSSR count). The topological polar surface area (TPSA) is 85.1 Å². The Bertz CT molecular complexity index is 452. The van der Waals surface area contributed by atoms with Crippen LogP contribution in [0, 0.1) is 0 Å². The SMILES string of the molecule is CCC1(CC)CC(Nc2nc(NN)ncc2Cl)CCO1. The van der Waals surface area contributed by atoms with E-state index in [4.69, 9.17) is 22.2 Å². The standard InChI is InChI=1S/C13H22ClN5O/c1-3-13(4-2)7-9(5-6-20-13)17-11-10(14)8-16-12(18-11)19-15/h8-9H,3-7,15H2,1-2H3,(H2,16,17,18,19). The highest BCUT2D eigenvalue weighted by atomic mass is 35.5. The lowest BCUT2D eigenvalue weighted by Crippen LogP contribution is -2.43. The van der Waals surface area contributed by atoms with E-state index in [0.717, 1.165) is 32.3 Å². The first-order chi connectivity index (χ1) is 9.62. The number of halogens is 1. The number of hydrogen-bond donors (Lipinski definition) is 3. The molecule has 1 atom stereocenters. The molecule has 1 aromatic heterocycles. The lowest BCUT2D eigenvalue weighted by atomic mass is 9.86. The van der Waals surface area contributed by atoms with Crippen molar-refractivity contribution in [2.45, 2.75) is 51.2 Å². The van der Waals surface area contributed by atoms with Gasteiger partial charge in [0.05, 0.1) is 11.8 Å². The van der Waals surface area contributed by atoms with Crippen molar-refractivity contribution in [3.05, 3.63) is 11.2 Å². The van der Waals surface area contributed by atoms with Crippen LogP contribution in [0.5, 0.6) is 0 Å². The van der Waals surface area contributed by atoms with Gasteiger partial charge >= 0.3 is 0 Å². The van der Waals surface area contributed by atoms with Gasteiger partial charge in [-0.2, -0.15) is 4.98 Å². The van der Waals surface area contributed by atoms with Crippen molar-refractivity contribution in [3.8, 4) is 0 Å². The summed E-state index contributed by atoms with van der Waals surface area (Å²) >= 11 is 6.12. The molecule has 0 aromatic carbocycles. The molecule has 1 aliphatic rings. The quantitative estimate of drug-likeness (QED) is 0.572. The van der Waals surface area contributed by atoms with Gasteiger partial charge in [0.1, 0.15) is 5.02 Å². The summed E-state index contributed by atoms with van der Waals surface area (Å²) in [5, 5.41) is 3.88. The van der Waals surface area contributed by atoms with Crippen LogP contribution in [0.15, 0.2) is 6.20 Å². The number of nitrogen functional groups attached to an aromatic ring is 1. The summed E-state index contributed by atoms with van der Waals surface area (Å²) in [6.45, 7) is 5.09. The van der Waals surface area contributed by atoms with Crippen molar-refractivity contribution in [2.24, 2.45) is 5.84 Å². The highest BCUT2D eigenvalue weighted by Gasteiger charge is 2.34. The maximum absolute atomic E-state index is 6.12. The molecule has 7 heteroatoms. The van der Waals surface area contributed by atoms with E-state index in [1.54, 1.807) is 0 Å². The van der Waals surface area contributed by atoms with E-state index in [9.17, 15) is 0 Å². The van der Waals surface area contributed by atoms with Crippen molar-refractivity contribution < 1.29 is 4.74 Å². The summed E-state index contributed by atoms with van der Waals surface area (Å²) in [4.78, 5) is 8.22. The Labute approximate surface area is 124 Å². The number of anilines is 2. The van der Waals surface area contributed by atoms with E-state index < -0.39 is 0 Å². The van der Waals surface area contributed by atoms with Gasteiger partial charge in [0.15, 0.2) is 5.82 Å². The molecule has 0 amide bonds. The van der Waals surface area contributed by atoms with Crippen LogP contribution in [-0.4, -0.2) is 28.2 Å². The van der Waals surface area contributed by atoms with Crippen LogP contribution in [0.4, 0.5) is 11.8 Å². The summed E-state index contributed by atoms with van der Waals surface area (Å²) in [6, 6.07) is 0.293. The van der Waals surface area contributed by atoms with Crippen LogP contribution in [0.1, 0.15) is 39.5 Å². The van der Waals surface area contributed by atoms with Gasteiger partial charge in [0, 0.05) is 12.6 Å². The third-order valence-corrected chi connectivity index (χ3v) is 4.27. The predicted octanol–water partition coefficient (Wildman–Crippen LogP) is 2.57. The monoisotopic (exact) mass is 299 g/mol. The van der Waals surface area contributed by atoms with E-state index in [0.29, 0.717) is 22.8 Å². The van der Waals surface area contributed by atoms with Gasteiger partial charge in [0.2, 0.25) is 5.95 Å². The average Bonchev–Trinajstić information content (AvgIpc) is 2.49. The summed E-state index contributed by atoms with van der Waals surface area (Å²) in [7, 11) is 0. The number of nitrogens with two attached hydrogens (primary N) is 1. The molecule has 0 saturated carbocycles. The summed E-state index contributed by atoms with van der Waals surface area (Å²) < 4.78 is 5.97. The second-order valence-corrected chi connectivity index (χ2v) is 5.51. The van der Waals surface area contributed by atoms with E-state index in [2.05, 4.69) is 34.6 Å². The van der Waals surface area contributed by atoms with Crippen molar-refractivity contribution in [1.82, 2.24) is 9.97 Å². The Kier molecular flexibility index (Phi) is 5.01. The van der Waals surface area contributed by atoms with Crippen LogP contribution < -0.4 is 16.6 Å². The molecule has 6 nitrogen and oxygen atoms in total. The first kappa shape index (κ1) is 15.3. The number of hydrazine groups is 1. The first-order valence-corrected chi connectivity index (χ1v) is 7.40. The molecular weight excluding hydrogens is 278 g/mol. The number of nitrogens with one attached hydrogen (secondary N) is 2. The Balaban J connectivity index is 2.09. The molecule has 1 saturated heterocycles. The zero-order valence-corrected chi connectivity index (χ0v) is 12.7. The first-order valence-electron chi connectivity index (χ1n) is 7.02. The molecule has 112 valence electrons. The second-order valence-electron chi connectivity index (χ2n) is 5.11. The fourth-order valence-electron chi connectivity index (χ4n) is 2.62. The number of nitrogens with zero attached hydrogens (tertiary/aromatic N) is 2. The number of ether oxygens (including phenoxy) is 1. The molecule has 0 spiro atoms. The number of hydrogen-bond acceptors (Lipinski definition) is 6. The molecule has 2 heterocycles. The Morgan fingerprint density at radius 3 is 2.90 bits per heavy atom. The molecule has 0 bridgehead atoms. The van der Waals surface area contributed by atoms with E-state index in [1.165, 1.54) is 6.20 Å². The van der Waals surface area contributed by atoms with E-state index in [-0.39, 0.29) is 5.60 Å². The van der Waals surface area contributed by atoms with Crippen LogP contribution >= 0.6 is 11.6 Å². The predicted molar refractivity (Wildman–Crippen MR) is 80.8 cm³/mol. The van der Waals surface area contributed by atoms with Gasteiger partial charge in [-0.3, -0.25) is 5.43 Å². The fraction of sp³-hybridized carbons (Fsp3) is 0.692. The molecule has 1 aliphatic heterocycles. The molecule has 1 unspecified atom stereocenters. The smallest absolute Gasteiger partial charge is 0.239 e. The lowest BCUT2D eigenvalue weighted by Gasteiger charge is -2.40. The Hall–Kier alpha value is -1.11. The van der Waals surface area contributed by atoms with Crippen molar-refractivity contribution in [1.29, 1.82) is 0 Å². The molecule has 0 radical (unpaired) electrons. The Morgan fingerprint density at radius 2 is 2.25 bits per heavy atom. The maximum atomic E-state index is 6.12. The van der Waals surface area contributed by atoms with Crippen LogP contribution in [0.25, 0.3) is 0 Å². The summed E-state index contributed by atoms with van der Waals surface area (Å²) in [5.41, 5.74) is 2.39. The second kappa shape index (κ2) is 6.56. The van der Waals surface area contributed by atoms with Crippen molar-refractivity contribution >= 4 is 23.4 Å². The van der Waals surface area contributed by atoms with Gasteiger partial charge in [0.25, 0.3) is 0 Å². The number of aromatic nitrogens is 2. The third-order valence-electron chi connectivity index (χ3n) is 4.00. The van der Waals surface area contributed by atoms with E-state index in [1.807, 2.05) is 0 Å². The molecular formula is C13H22ClN5O. The summed E-state index contributed by atoms with van der Waals surface area (Å²) in [5.74, 6) is 6.28. The molecule has 0 aliphatic carbocycles. The highest BCUT2D eigenvalue weighted by molar-refractivity contribution is 6.32. The zero-order valence-electron chi connectivity index (χ0n) is 11.9. The van der Waals surface area contributed by atoms with E-state index >= 15 is 0 Å². The minimum absolute atomic E-state index is 0.0373.